The molecule has 1 heterocycles. The van der Waals surface area contributed by atoms with Gasteiger partial charge in [0.05, 0.1) is 0 Å². The van der Waals surface area contributed by atoms with Crippen LogP contribution in [0.4, 0.5) is 0 Å². The van der Waals surface area contributed by atoms with Gasteiger partial charge in [-0.15, -0.1) is 0 Å². The van der Waals surface area contributed by atoms with Gasteiger partial charge in [0.1, 0.15) is 6.04 Å². The van der Waals surface area contributed by atoms with Gasteiger partial charge in [-0.3, -0.25) is 9.59 Å². The molecule has 1 saturated heterocycles. The van der Waals surface area contributed by atoms with Crippen molar-refractivity contribution in [3.63, 3.8) is 0 Å². The summed E-state index contributed by atoms with van der Waals surface area (Å²) in [5, 5.41) is 5.59. The van der Waals surface area contributed by atoms with Gasteiger partial charge in [0.25, 0.3) is 0 Å². The van der Waals surface area contributed by atoms with Crippen LogP contribution in [0.5, 0.6) is 0 Å². The number of nitrogens with two attached hydrogens (primary N) is 1. The van der Waals surface area contributed by atoms with Crippen molar-refractivity contribution in [2.45, 2.75) is 57.5 Å². The van der Waals surface area contributed by atoms with Gasteiger partial charge in [-0.25, -0.2) is 0 Å². The molecule has 0 saturated carbocycles. The van der Waals surface area contributed by atoms with E-state index in [1.54, 1.807) is 0 Å². The first-order valence-electron chi connectivity index (χ1n) is 6.42. The smallest absolute Gasteiger partial charge is 0.242 e. The molecule has 0 spiro atoms. The topological polar surface area (TPSA) is 84.2 Å². The van der Waals surface area contributed by atoms with Crippen molar-refractivity contribution < 1.29 is 9.59 Å². The summed E-state index contributed by atoms with van der Waals surface area (Å²) >= 11 is 0. The SMILES string of the molecule is CC(N)CCCC(=O)NC1CCCCNC1=O. The molecule has 0 aliphatic carbocycles. The number of carbonyl (C=O) groups excluding carboxylic acids is 2. The minimum absolute atomic E-state index is 0.0484. The number of nitrogens with one attached hydrogen (secondary N) is 2. The normalized spacial score (nSPS) is 22.5. The maximum Gasteiger partial charge on any atom is 0.242 e. The molecule has 1 fully saturated rings. The maximum absolute atomic E-state index is 11.6. The molecular formula is C12H23N3O2. The highest BCUT2D eigenvalue weighted by Crippen LogP contribution is 2.06. The van der Waals surface area contributed by atoms with Gasteiger partial charge < -0.3 is 16.4 Å². The monoisotopic (exact) mass is 241 g/mol. The second kappa shape index (κ2) is 7.27. The molecular weight excluding hydrogens is 218 g/mol. The molecule has 2 unspecified atom stereocenters. The highest BCUT2D eigenvalue weighted by Gasteiger charge is 2.21. The van der Waals surface area contributed by atoms with Gasteiger partial charge in [-0.1, -0.05) is 0 Å². The van der Waals surface area contributed by atoms with Gasteiger partial charge in [0.2, 0.25) is 11.8 Å². The lowest BCUT2D eigenvalue weighted by Gasteiger charge is -2.15. The molecule has 4 N–H and O–H groups in total. The van der Waals surface area contributed by atoms with Gasteiger partial charge in [0.15, 0.2) is 0 Å². The minimum atomic E-state index is -0.347. The quantitative estimate of drug-likeness (QED) is 0.647. The van der Waals surface area contributed by atoms with E-state index in [9.17, 15) is 9.59 Å². The molecule has 5 heteroatoms. The summed E-state index contributed by atoms with van der Waals surface area (Å²) in [6.45, 7) is 2.65. The fourth-order valence-electron chi connectivity index (χ4n) is 1.93. The second-order valence-corrected chi connectivity index (χ2v) is 4.78. The van der Waals surface area contributed by atoms with Crippen molar-refractivity contribution in [1.82, 2.24) is 10.6 Å². The highest BCUT2D eigenvalue weighted by atomic mass is 16.2. The molecule has 0 bridgehead atoms. The molecule has 1 aliphatic heterocycles. The second-order valence-electron chi connectivity index (χ2n) is 4.78. The number of hydrogen-bond acceptors (Lipinski definition) is 3. The van der Waals surface area contributed by atoms with E-state index in [1.165, 1.54) is 0 Å². The van der Waals surface area contributed by atoms with Crippen LogP contribution in [-0.2, 0) is 9.59 Å². The van der Waals surface area contributed by atoms with E-state index in [2.05, 4.69) is 10.6 Å². The molecule has 2 amide bonds. The Morgan fingerprint density at radius 2 is 2.35 bits per heavy atom. The first-order valence-corrected chi connectivity index (χ1v) is 6.42. The van der Waals surface area contributed by atoms with Crippen LogP contribution in [0.15, 0.2) is 0 Å². The number of carbonyl (C=O) groups is 2. The zero-order valence-corrected chi connectivity index (χ0v) is 10.5. The predicted molar refractivity (Wildman–Crippen MR) is 66.3 cm³/mol. The Morgan fingerprint density at radius 3 is 3.06 bits per heavy atom. The van der Waals surface area contributed by atoms with E-state index in [1.807, 2.05) is 6.92 Å². The Kier molecular flexibility index (Phi) is 5.97. The lowest BCUT2D eigenvalue weighted by atomic mass is 10.1. The minimum Gasteiger partial charge on any atom is -0.354 e. The lowest BCUT2D eigenvalue weighted by Crippen LogP contribution is -2.45. The van der Waals surface area contributed by atoms with Crippen molar-refractivity contribution in [1.29, 1.82) is 0 Å². The molecule has 17 heavy (non-hydrogen) atoms. The average molecular weight is 241 g/mol. The Balaban J connectivity index is 2.26. The van der Waals surface area contributed by atoms with Gasteiger partial charge in [0, 0.05) is 19.0 Å². The van der Waals surface area contributed by atoms with Gasteiger partial charge in [-0.2, -0.15) is 0 Å². The van der Waals surface area contributed by atoms with Crippen LogP contribution in [0.3, 0.4) is 0 Å². The van der Waals surface area contributed by atoms with Crippen LogP contribution in [0.25, 0.3) is 0 Å². The Morgan fingerprint density at radius 1 is 1.59 bits per heavy atom. The van der Waals surface area contributed by atoms with Crippen molar-refractivity contribution in [3.8, 4) is 0 Å². The zero-order valence-electron chi connectivity index (χ0n) is 10.5. The third-order valence-corrected chi connectivity index (χ3v) is 2.93. The molecule has 1 aliphatic rings. The van der Waals surface area contributed by atoms with Crippen molar-refractivity contribution >= 4 is 11.8 Å². The maximum atomic E-state index is 11.6. The molecule has 5 nitrogen and oxygen atoms in total. The molecule has 98 valence electrons. The summed E-state index contributed by atoms with van der Waals surface area (Å²) in [6, 6.07) is -0.218. The highest BCUT2D eigenvalue weighted by molar-refractivity contribution is 5.87. The van der Waals surface area contributed by atoms with Crippen LogP contribution >= 0.6 is 0 Å². The first-order chi connectivity index (χ1) is 8.09. The molecule has 0 aromatic heterocycles. The number of rotatable bonds is 5. The third kappa shape index (κ3) is 5.68. The van der Waals surface area contributed by atoms with E-state index >= 15 is 0 Å². The van der Waals surface area contributed by atoms with E-state index in [4.69, 9.17) is 5.73 Å². The van der Waals surface area contributed by atoms with E-state index in [0.29, 0.717) is 6.42 Å². The molecule has 2 atom stereocenters. The van der Waals surface area contributed by atoms with Crippen LogP contribution in [0.2, 0.25) is 0 Å². The van der Waals surface area contributed by atoms with Gasteiger partial charge in [-0.05, 0) is 39.0 Å². The summed E-state index contributed by atoms with van der Waals surface area (Å²) in [7, 11) is 0. The van der Waals surface area contributed by atoms with Crippen LogP contribution in [-0.4, -0.2) is 30.4 Å². The van der Waals surface area contributed by atoms with E-state index in [0.717, 1.165) is 38.6 Å². The molecule has 0 radical (unpaired) electrons. The average Bonchev–Trinajstić information content (AvgIpc) is 2.44. The fraction of sp³-hybridized carbons (Fsp3) is 0.833. The summed E-state index contributed by atoms with van der Waals surface area (Å²) in [4.78, 5) is 23.2. The van der Waals surface area contributed by atoms with Gasteiger partial charge >= 0.3 is 0 Å². The number of amides is 2. The summed E-state index contributed by atoms with van der Waals surface area (Å²) < 4.78 is 0. The zero-order chi connectivity index (χ0) is 12.7. The standard InChI is InChI=1S/C12H23N3O2/c1-9(13)5-4-7-11(16)15-10-6-2-3-8-14-12(10)17/h9-10H,2-8,13H2,1H3,(H,14,17)(H,15,16). The Hall–Kier alpha value is -1.10. The van der Waals surface area contributed by atoms with Crippen molar-refractivity contribution in [3.05, 3.63) is 0 Å². The first kappa shape index (κ1) is 14.0. The van der Waals surface area contributed by atoms with Crippen LogP contribution < -0.4 is 16.4 Å². The summed E-state index contributed by atoms with van der Waals surface area (Å²) in [6.07, 6.45) is 4.77. The summed E-state index contributed by atoms with van der Waals surface area (Å²) in [5.41, 5.74) is 5.61. The largest absolute Gasteiger partial charge is 0.354 e. The fourth-order valence-corrected chi connectivity index (χ4v) is 1.93. The van der Waals surface area contributed by atoms with Crippen molar-refractivity contribution in [2.75, 3.05) is 6.54 Å². The van der Waals surface area contributed by atoms with Crippen molar-refractivity contribution in [2.24, 2.45) is 5.73 Å². The molecule has 0 aromatic rings. The summed E-state index contributed by atoms with van der Waals surface area (Å²) in [5.74, 6) is -0.101. The third-order valence-electron chi connectivity index (χ3n) is 2.93. The lowest BCUT2D eigenvalue weighted by molar-refractivity contribution is -0.128. The Bertz CT molecular complexity index is 266. The molecule has 0 aromatic carbocycles. The molecule has 1 rings (SSSR count). The predicted octanol–water partition coefficient (Wildman–Crippen LogP) is 0.289. The van der Waals surface area contributed by atoms with Crippen LogP contribution in [0, 0.1) is 0 Å². The van der Waals surface area contributed by atoms with Crippen LogP contribution in [0.1, 0.15) is 45.4 Å². The van der Waals surface area contributed by atoms with E-state index in [-0.39, 0.29) is 23.9 Å². The number of hydrogen-bond donors (Lipinski definition) is 3. The Labute approximate surface area is 103 Å². The van der Waals surface area contributed by atoms with E-state index < -0.39 is 0 Å².